The van der Waals surface area contributed by atoms with Gasteiger partial charge in [0.05, 0.1) is 16.8 Å². The van der Waals surface area contributed by atoms with Gasteiger partial charge < -0.3 is 21.3 Å². The van der Waals surface area contributed by atoms with Crippen LogP contribution in [-0.4, -0.2) is 46.6 Å². The number of aromatic nitrogens is 1. The molecule has 0 radical (unpaired) electrons. The summed E-state index contributed by atoms with van der Waals surface area (Å²) in [6, 6.07) is 11.7. The molecule has 3 aromatic rings. The number of carbonyl (C=O) groups is 1. The zero-order valence-electron chi connectivity index (χ0n) is 21.6. The summed E-state index contributed by atoms with van der Waals surface area (Å²) in [5.74, 6) is -1.37. The maximum Gasteiger partial charge on any atom is 0.416 e. The van der Waals surface area contributed by atoms with E-state index >= 15 is 0 Å². The highest BCUT2D eigenvalue weighted by atomic mass is 32.2. The van der Waals surface area contributed by atoms with Gasteiger partial charge in [-0.15, -0.1) is 0 Å². The van der Waals surface area contributed by atoms with Crippen molar-refractivity contribution in [2.24, 2.45) is 5.73 Å². The second-order valence-corrected chi connectivity index (χ2v) is 11.1. The predicted octanol–water partition coefficient (Wildman–Crippen LogP) is 5.87. The van der Waals surface area contributed by atoms with E-state index in [4.69, 9.17) is 5.73 Å². The summed E-state index contributed by atoms with van der Waals surface area (Å²) in [6.45, 7) is 8.07. The van der Waals surface area contributed by atoms with Crippen LogP contribution in [0.4, 0.5) is 40.4 Å². The van der Waals surface area contributed by atoms with E-state index in [1.807, 2.05) is 36.2 Å². The van der Waals surface area contributed by atoms with Gasteiger partial charge in [0.25, 0.3) is 5.91 Å². The molecule has 1 fully saturated rings. The minimum absolute atomic E-state index is 0.0538. The molecule has 0 bridgehead atoms. The third kappa shape index (κ3) is 7.76. The van der Waals surface area contributed by atoms with Crippen LogP contribution in [0.15, 0.2) is 54.7 Å². The van der Waals surface area contributed by atoms with Crippen molar-refractivity contribution in [2.75, 3.05) is 41.7 Å². The van der Waals surface area contributed by atoms with Gasteiger partial charge in [-0.2, -0.15) is 13.2 Å². The number of halogens is 4. The van der Waals surface area contributed by atoms with E-state index in [9.17, 15) is 22.4 Å². The molecule has 1 aliphatic heterocycles. The summed E-state index contributed by atoms with van der Waals surface area (Å²) < 4.78 is 55.4. The Kier molecular flexibility index (Phi) is 8.86. The minimum atomic E-state index is -4.68. The van der Waals surface area contributed by atoms with E-state index in [0.717, 1.165) is 49.7 Å². The molecule has 4 N–H and O–H groups in total. The highest BCUT2D eigenvalue weighted by Crippen LogP contribution is 2.31. The molecule has 0 unspecified atom stereocenters. The largest absolute Gasteiger partial charge is 0.416 e. The lowest BCUT2D eigenvalue weighted by Gasteiger charge is -2.36. The summed E-state index contributed by atoms with van der Waals surface area (Å²) in [4.78, 5) is 18.5. The molecule has 0 atom stereocenters. The Morgan fingerprint density at radius 1 is 1.08 bits per heavy atom. The van der Waals surface area contributed by atoms with Gasteiger partial charge in [-0.25, -0.2) is 13.7 Å². The molecule has 39 heavy (non-hydrogen) atoms. The van der Waals surface area contributed by atoms with Gasteiger partial charge in [0, 0.05) is 61.6 Å². The van der Waals surface area contributed by atoms with Crippen LogP contribution in [-0.2, 0) is 12.7 Å². The lowest BCUT2D eigenvalue weighted by Crippen LogP contribution is -2.43. The van der Waals surface area contributed by atoms with E-state index in [2.05, 4.69) is 38.7 Å². The van der Waals surface area contributed by atoms with Crippen LogP contribution in [0.25, 0.3) is 0 Å². The molecule has 1 aromatic heterocycles. The Morgan fingerprint density at radius 2 is 1.77 bits per heavy atom. The van der Waals surface area contributed by atoms with Gasteiger partial charge in [-0.1, -0.05) is 25.8 Å². The molecule has 2 aromatic carbocycles. The molecule has 0 saturated carbocycles. The van der Waals surface area contributed by atoms with Crippen LogP contribution in [0.3, 0.4) is 0 Å². The van der Waals surface area contributed by atoms with E-state index < -0.39 is 23.5 Å². The molecule has 1 saturated heterocycles. The maximum atomic E-state index is 13.8. The van der Waals surface area contributed by atoms with Crippen molar-refractivity contribution in [2.45, 2.75) is 31.8 Å². The number of hydrogen-bond donors (Lipinski definition) is 3. The number of primary amides is 1. The normalized spacial score (nSPS) is 14.5. The molecular weight excluding hydrogens is 532 g/mol. The van der Waals surface area contributed by atoms with E-state index in [-0.39, 0.29) is 23.4 Å². The Morgan fingerprint density at radius 3 is 2.38 bits per heavy atom. The van der Waals surface area contributed by atoms with Crippen molar-refractivity contribution >= 4 is 40.7 Å². The fraction of sp³-hybridized carbons (Fsp3) is 0.333. The third-order valence-corrected chi connectivity index (χ3v) is 7.13. The number of piperazine rings is 1. The van der Waals surface area contributed by atoms with Gasteiger partial charge in [0.1, 0.15) is 11.6 Å². The van der Waals surface area contributed by atoms with Crippen molar-refractivity contribution in [3.8, 4) is 0 Å². The first-order valence-electron chi connectivity index (χ1n) is 12.4. The molecule has 1 amide bonds. The molecule has 7 nitrogen and oxygen atoms in total. The Hall–Kier alpha value is -3.51. The number of rotatable bonds is 9. The number of alkyl halides is 3. The summed E-state index contributed by atoms with van der Waals surface area (Å²) >= 11 is 1.88. The number of carbonyl (C=O) groups excluding carboxylic acids is 1. The van der Waals surface area contributed by atoms with Gasteiger partial charge in [-0.3, -0.25) is 4.79 Å². The number of nitrogens with two attached hydrogens (primary N) is 1. The second-order valence-electron chi connectivity index (χ2n) is 9.42. The molecule has 208 valence electrons. The number of nitrogens with zero attached hydrogens (tertiary/aromatic N) is 3. The Labute approximate surface area is 228 Å². The standard InChI is InChI=1S/C27H30F4N6OS/c1-17(2)39-37-9-7-36(8-10-37)22-5-3-21(4-6-22)35-25-14-24(23(16-34-25)26(32)38)33-15-18-11-19(27(29,30)31)13-20(28)12-18/h3-6,11-14,16-17H,7-10,15H2,1-2H3,(H2,32,38)(H2,33,34,35). The van der Waals surface area contributed by atoms with Gasteiger partial charge in [0.15, 0.2) is 0 Å². The molecule has 1 aliphatic rings. The van der Waals surface area contributed by atoms with Gasteiger partial charge in [-0.05, 0) is 48.0 Å². The fourth-order valence-corrected chi connectivity index (χ4v) is 5.20. The monoisotopic (exact) mass is 562 g/mol. The third-order valence-electron chi connectivity index (χ3n) is 6.04. The number of nitrogens with one attached hydrogen (secondary N) is 2. The summed E-state index contributed by atoms with van der Waals surface area (Å²) in [6.07, 6.45) is -3.40. The summed E-state index contributed by atoms with van der Waals surface area (Å²) in [5, 5.41) is 6.61. The van der Waals surface area contributed by atoms with Crippen molar-refractivity contribution in [1.29, 1.82) is 0 Å². The lowest BCUT2D eigenvalue weighted by atomic mass is 10.1. The summed E-state index contributed by atoms with van der Waals surface area (Å²) in [5.41, 5.74) is 6.61. The van der Waals surface area contributed by atoms with Crippen molar-refractivity contribution in [3.63, 3.8) is 0 Å². The predicted molar refractivity (Wildman–Crippen MR) is 148 cm³/mol. The summed E-state index contributed by atoms with van der Waals surface area (Å²) in [7, 11) is 0. The first kappa shape index (κ1) is 28.5. The molecule has 2 heterocycles. The van der Waals surface area contributed by atoms with E-state index in [1.54, 1.807) is 0 Å². The van der Waals surface area contributed by atoms with Crippen molar-refractivity contribution < 1.29 is 22.4 Å². The molecule has 0 aliphatic carbocycles. The lowest BCUT2D eigenvalue weighted by molar-refractivity contribution is -0.137. The number of pyridine rings is 1. The van der Waals surface area contributed by atoms with Crippen LogP contribution in [0.2, 0.25) is 0 Å². The molecule has 4 rings (SSSR count). The van der Waals surface area contributed by atoms with E-state index in [0.29, 0.717) is 17.1 Å². The van der Waals surface area contributed by atoms with Crippen LogP contribution < -0.4 is 21.3 Å². The minimum Gasteiger partial charge on any atom is -0.380 e. The quantitative estimate of drug-likeness (QED) is 0.222. The fourth-order valence-electron chi connectivity index (χ4n) is 4.23. The number of benzene rings is 2. The highest BCUT2D eigenvalue weighted by molar-refractivity contribution is 7.97. The van der Waals surface area contributed by atoms with Gasteiger partial charge >= 0.3 is 6.18 Å². The van der Waals surface area contributed by atoms with Crippen LogP contribution in [0.5, 0.6) is 0 Å². The van der Waals surface area contributed by atoms with Gasteiger partial charge in [0.2, 0.25) is 0 Å². The van der Waals surface area contributed by atoms with Crippen LogP contribution in [0, 0.1) is 5.82 Å². The molecule has 12 heteroatoms. The average Bonchev–Trinajstić information content (AvgIpc) is 2.87. The smallest absolute Gasteiger partial charge is 0.380 e. The topological polar surface area (TPSA) is 86.5 Å². The Balaban J connectivity index is 1.43. The maximum absolute atomic E-state index is 13.8. The van der Waals surface area contributed by atoms with E-state index in [1.165, 1.54) is 12.3 Å². The first-order valence-corrected chi connectivity index (χ1v) is 13.3. The highest BCUT2D eigenvalue weighted by Gasteiger charge is 2.31. The molecular formula is C27H30F4N6OS. The number of hydrogen-bond acceptors (Lipinski definition) is 7. The number of anilines is 4. The Bertz CT molecular complexity index is 1290. The van der Waals surface area contributed by atoms with Crippen molar-refractivity contribution in [3.05, 3.63) is 77.2 Å². The second kappa shape index (κ2) is 12.1. The SMILES string of the molecule is CC(C)SN1CCN(c2ccc(Nc3cc(NCc4cc(F)cc(C(F)(F)F)c4)c(C(N)=O)cn3)cc2)CC1. The zero-order valence-corrected chi connectivity index (χ0v) is 22.4. The van der Waals surface area contributed by atoms with Crippen LogP contribution in [0.1, 0.15) is 35.3 Å². The van der Waals surface area contributed by atoms with Crippen LogP contribution >= 0.6 is 11.9 Å². The number of amides is 1. The average molecular weight is 563 g/mol. The first-order chi connectivity index (χ1) is 18.5. The van der Waals surface area contributed by atoms with Crippen molar-refractivity contribution in [1.82, 2.24) is 9.29 Å². The zero-order chi connectivity index (χ0) is 28.2. The molecule has 0 spiro atoms.